The molecule has 116 valence electrons. The van der Waals surface area contributed by atoms with E-state index < -0.39 is 16.0 Å². The Balaban J connectivity index is 2.21. The van der Waals surface area contributed by atoms with E-state index in [4.69, 9.17) is 4.74 Å². The van der Waals surface area contributed by atoms with E-state index in [9.17, 15) is 17.1 Å². The maximum Gasteiger partial charge on any atom is 0.488 e. The number of hydrogen-bond donors (Lipinski definition) is 0. The molecule has 1 unspecified atom stereocenters. The van der Waals surface area contributed by atoms with Gasteiger partial charge in [0.15, 0.2) is 5.75 Å². The summed E-state index contributed by atoms with van der Waals surface area (Å²) in [7, 11) is -3.53. The van der Waals surface area contributed by atoms with Crippen LogP contribution < -0.4 is 4.18 Å². The van der Waals surface area contributed by atoms with Crippen molar-refractivity contribution in [3.63, 3.8) is 0 Å². The van der Waals surface area contributed by atoms with Gasteiger partial charge < -0.3 is 13.8 Å². The van der Waals surface area contributed by atoms with Gasteiger partial charge in [-0.25, -0.2) is 0 Å². The Morgan fingerprint density at radius 3 is 2.81 bits per heavy atom. The van der Waals surface area contributed by atoms with Gasteiger partial charge in [0.05, 0.1) is 23.9 Å². The van der Waals surface area contributed by atoms with E-state index in [1.807, 2.05) is 6.92 Å². The first-order valence-electron chi connectivity index (χ1n) is 6.16. The van der Waals surface area contributed by atoms with Gasteiger partial charge in [-0.05, 0) is 19.4 Å². The SMILES string of the molecule is CN(C(=O)c1cncc(OS(=O)(=O)F)c1)C1(C)CCOC1. The second-order valence-corrected chi connectivity index (χ2v) is 6.00. The first-order chi connectivity index (χ1) is 9.71. The summed E-state index contributed by atoms with van der Waals surface area (Å²) in [5.74, 6) is -0.734. The minimum Gasteiger partial charge on any atom is -0.379 e. The Labute approximate surface area is 122 Å². The standard InChI is InChI=1S/C12H15FN2O5S/c1-12(3-4-19-8-12)15(2)11(16)9-5-10(7-14-6-9)20-21(13,17)18/h5-7H,3-4,8H2,1-2H3. The number of amides is 1. The molecule has 0 aromatic carbocycles. The number of hydrogen-bond acceptors (Lipinski definition) is 6. The summed E-state index contributed by atoms with van der Waals surface area (Å²) in [6.45, 7) is 2.87. The number of halogens is 1. The van der Waals surface area contributed by atoms with Gasteiger partial charge in [-0.15, -0.1) is 0 Å². The van der Waals surface area contributed by atoms with Crippen molar-refractivity contribution in [3.05, 3.63) is 24.0 Å². The highest BCUT2D eigenvalue weighted by molar-refractivity contribution is 7.81. The van der Waals surface area contributed by atoms with Crippen molar-refractivity contribution in [2.24, 2.45) is 0 Å². The van der Waals surface area contributed by atoms with E-state index in [1.165, 1.54) is 11.1 Å². The Morgan fingerprint density at radius 1 is 1.52 bits per heavy atom. The normalized spacial score (nSPS) is 22.0. The van der Waals surface area contributed by atoms with Crippen LogP contribution in [0.25, 0.3) is 0 Å². The highest BCUT2D eigenvalue weighted by Gasteiger charge is 2.37. The molecule has 1 aliphatic heterocycles. The van der Waals surface area contributed by atoms with E-state index in [0.29, 0.717) is 19.6 Å². The molecule has 0 saturated carbocycles. The fraction of sp³-hybridized carbons (Fsp3) is 0.500. The number of pyridine rings is 1. The molecule has 0 bridgehead atoms. The Morgan fingerprint density at radius 2 is 2.24 bits per heavy atom. The number of ether oxygens (including phenoxy) is 1. The van der Waals surface area contributed by atoms with Crippen molar-refractivity contribution in [1.82, 2.24) is 9.88 Å². The lowest BCUT2D eigenvalue weighted by Gasteiger charge is -2.34. The molecule has 2 heterocycles. The molecule has 0 radical (unpaired) electrons. The zero-order valence-corrected chi connectivity index (χ0v) is 12.4. The van der Waals surface area contributed by atoms with Crippen molar-refractivity contribution in [2.75, 3.05) is 20.3 Å². The average Bonchev–Trinajstić information content (AvgIpc) is 2.83. The Kier molecular flexibility index (Phi) is 4.15. The number of carbonyl (C=O) groups excluding carboxylic acids is 1. The summed E-state index contributed by atoms with van der Waals surface area (Å²) < 4.78 is 42.7. The van der Waals surface area contributed by atoms with Gasteiger partial charge in [0.2, 0.25) is 0 Å². The van der Waals surface area contributed by atoms with Crippen molar-refractivity contribution < 1.29 is 26.0 Å². The topological polar surface area (TPSA) is 85.8 Å². The average molecular weight is 318 g/mol. The molecule has 1 amide bonds. The minimum atomic E-state index is -5.15. The molecule has 1 aliphatic rings. The summed E-state index contributed by atoms with van der Waals surface area (Å²) in [5, 5.41) is 0. The van der Waals surface area contributed by atoms with Crippen LogP contribution in [0.2, 0.25) is 0 Å². The molecule has 21 heavy (non-hydrogen) atoms. The van der Waals surface area contributed by atoms with Crippen LogP contribution >= 0.6 is 0 Å². The summed E-state index contributed by atoms with van der Waals surface area (Å²) in [4.78, 5) is 17.6. The maximum absolute atomic E-state index is 12.5. The highest BCUT2D eigenvalue weighted by Crippen LogP contribution is 2.26. The fourth-order valence-electron chi connectivity index (χ4n) is 2.06. The number of likely N-dealkylation sites (N-methyl/N-ethyl adjacent to an activating group) is 1. The molecule has 0 aliphatic carbocycles. The Hall–Kier alpha value is -1.74. The van der Waals surface area contributed by atoms with Crippen LogP contribution in [0.4, 0.5) is 3.89 Å². The van der Waals surface area contributed by atoms with Gasteiger partial charge in [0.1, 0.15) is 0 Å². The monoisotopic (exact) mass is 318 g/mol. The fourth-order valence-corrected chi connectivity index (χ4v) is 2.38. The van der Waals surface area contributed by atoms with Crippen molar-refractivity contribution in [1.29, 1.82) is 0 Å². The van der Waals surface area contributed by atoms with Crippen LogP contribution in [-0.4, -0.2) is 50.0 Å². The quantitative estimate of drug-likeness (QED) is 0.768. The number of rotatable bonds is 4. The molecule has 1 saturated heterocycles. The molecule has 0 N–H and O–H groups in total. The van der Waals surface area contributed by atoms with Crippen LogP contribution in [0, 0.1) is 0 Å². The maximum atomic E-state index is 12.5. The molecule has 9 heteroatoms. The zero-order valence-electron chi connectivity index (χ0n) is 11.6. The smallest absolute Gasteiger partial charge is 0.379 e. The van der Waals surface area contributed by atoms with E-state index in [0.717, 1.165) is 12.3 Å². The van der Waals surface area contributed by atoms with E-state index >= 15 is 0 Å². The number of carbonyl (C=O) groups is 1. The van der Waals surface area contributed by atoms with Gasteiger partial charge in [0.25, 0.3) is 5.91 Å². The van der Waals surface area contributed by atoms with Gasteiger partial charge in [0, 0.05) is 19.9 Å². The number of aromatic nitrogens is 1. The lowest BCUT2D eigenvalue weighted by atomic mass is 9.99. The highest BCUT2D eigenvalue weighted by atomic mass is 32.3. The van der Waals surface area contributed by atoms with E-state index in [1.54, 1.807) is 7.05 Å². The summed E-state index contributed by atoms with van der Waals surface area (Å²) >= 11 is 0. The second kappa shape index (κ2) is 5.57. The number of nitrogens with zero attached hydrogens (tertiary/aromatic N) is 2. The van der Waals surface area contributed by atoms with Crippen LogP contribution in [-0.2, 0) is 15.2 Å². The third-order valence-electron chi connectivity index (χ3n) is 3.47. The van der Waals surface area contributed by atoms with Gasteiger partial charge >= 0.3 is 10.5 Å². The van der Waals surface area contributed by atoms with Crippen molar-refractivity contribution in [3.8, 4) is 5.75 Å². The van der Waals surface area contributed by atoms with Crippen molar-refractivity contribution >= 4 is 16.4 Å². The van der Waals surface area contributed by atoms with Crippen LogP contribution in [0.3, 0.4) is 0 Å². The van der Waals surface area contributed by atoms with Gasteiger partial charge in [-0.1, -0.05) is 3.89 Å². The summed E-state index contributed by atoms with van der Waals surface area (Å²) in [6.07, 6.45) is 2.96. The zero-order chi connectivity index (χ0) is 15.7. The van der Waals surface area contributed by atoms with E-state index in [-0.39, 0.29) is 17.2 Å². The van der Waals surface area contributed by atoms with Gasteiger partial charge in [-0.3, -0.25) is 9.78 Å². The molecule has 1 fully saturated rings. The van der Waals surface area contributed by atoms with Crippen LogP contribution in [0.15, 0.2) is 18.5 Å². The molecular weight excluding hydrogens is 303 g/mol. The lowest BCUT2D eigenvalue weighted by molar-refractivity contribution is 0.0550. The van der Waals surface area contributed by atoms with E-state index in [2.05, 4.69) is 9.17 Å². The second-order valence-electron chi connectivity index (χ2n) is 5.05. The first kappa shape index (κ1) is 15.6. The third-order valence-corrected chi connectivity index (χ3v) is 3.86. The largest absolute Gasteiger partial charge is 0.488 e. The molecule has 1 aromatic heterocycles. The minimum absolute atomic E-state index is 0.103. The summed E-state index contributed by atoms with van der Waals surface area (Å²) in [5.41, 5.74) is -0.341. The first-order valence-corrected chi connectivity index (χ1v) is 7.47. The third kappa shape index (κ3) is 3.67. The Bertz CT molecular complexity index is 643. The molecule has 7 nitrogen and oxygen atoms in total. The van der Waals surface area contributed by atoms with Crippen LogP contribution in [0.5, 0.6) is 5.75 Å². The van der Waals surface area contributed by atoms with Gasteiger partial charge in [-0.2, -0.15) is 8.42 Å². The predicted molar refractivity (Wildman–Crippen MR) is 70.8 cm³/mol. The lowest BCUT2D eigenvalue weighted by Crippen LogP contribution is -2.47. The molecule has 1 aromatic rings. The molecule has 1 atom stereocenters. The molecular formula is C12H15FN2O5S. The van der Waals surface area contributed by atoms with Crippen LogP contribution in [0.1, 0.15) is 23.7 Å². The predicted octanol–water partition coefficient (Wildman–Crippen LogP) is 0.926. The van der Waals surface area contributed by atoms with Crippen molar-refractivity contribution in [2.45, 2.75) is 18.9 Å². The summed E-state index contributed by atoms with van der Waals surface area (Å²) in [6, 6.07) is 1.13. The molecule has 2 rings (SSSR count). The molecule has 0 spiro atoms.